The number of ether oxygens (including phenoxy) is 2. The lowest BCUT2D eigenvalue weighted by Gasteiger charge is -2.34. The number of amides is 1. The van der Waals surface area contributed by atoms with Crippen LogP contribution in [0.2, 0.25) is 0 Å². The molecule has 0 atom stereocenters. The predicted molar refractivity (Wildman–Crippen MR) is 89.2 cm³/mol. The summed E-state index contributed by atoms with van der Waals surface area (Å²) in [5, 5.41) is 0. The maximum Gasteiger partial charge on any atom is 0.242 e. The highest BCUT2D eigenvalue weighted by atomic mass is 16.5. The lowest BCUT2D eigenvalue weighted by atomic mass is 10.2. The predicted octanol–water partition coefficient (Wildman–Crippen LogP) is 1.34. The second-order valence-corrected chi connectivity index (χ2v) is 5.48. The molecule has 1 saturated heterocycles. The Morgan fingerprint density at radius 3 is 2.29 bits per heavy atom. The summed E-state index contributed by atoms with van der Waals surface area (Å²) in [4.78, 5) is 24.8. The van der Waals surface area contributed by atoms with Crippen molar-refractivity contribution < 1.29 is 14.3 Å². The average Bonchev–Trinajstić information content (AvgIpc) is 2.63. The fourth-order valence-electron chi connectivity index (χ4n) is 2.59. The molecule has 7 nitrogen and oxygen atoms in total. The first kappa shape index (κ1) is 16.0. The van der Waals surface area contributed by atoms with E-state index in [0.717, 1.165) is 5.56 Å². The molecular weight excluding hydrogens is 308 g/mol. The molecule has 0 saturated carbocycles. The van der Waals surface area contributed by atoms with Gasteiger partial charge in [-0.2, -0.15) is 9.97 Å². The van der Waals surface area contributed by atoms with Crippen molar-refractivity contribution in [3.8, 4) is 11.8 Å². The second kappa shape index (κ2) is 7.16. The average molecular weight is 328 g/mol. The molecule has 0 spiro atoms. The van der Waals surface area contributed by atoms with Gasteiger partial charge in [-0.05, 0) is 5.56 Å². The van der Waals surface area contributed by atoms with Gasteiger partial charge < -0.3 is 19.3 Å². The first-order chi connectivity index (χ1) is 11.7. The third kappa shape index (κ3) is 3.56. The van der Waals surface area contributed by atoms with E-state index in [4.69, 9.17) is 9.47 Å². The summed E-state index contributed by atoms with van der Waals surface area (Å²) in [5.41, 5.74) is 1.12. The number of carbonyl (C=O) groups excluding carboxylic acids is 1. The fourth-order valence-corrected chi connectivity index (χ4v) is 2.59. The van der Waals surface area contributed by atoms with E-state index in [9.17, 15) is 4.79 Å². The van der Waals surface area contributed by atoms with Crippen molar-refractivity contribution in [1.29, 1.82) is 0 Å². The fraction of sp³-hybridized carbons (Fsp3) is 0.353. The van der Waals surface area contributed by atoms with Crippen LogP contribution in [-0.2, 0) is 11.3 Å². The molecule has 1 amide bonds. The molecule has 2 aromatic rings. The van der Waals surface area contributed by atoms with Crippen molar-refractivity contribution in [3.05, 3.63) is 42.0 Å². The van der Waals surface area contributed by atoms with Gasteiger partial charge in [0.1, 0.15) is 6.54 Å². The quantitative estimate of drug-likeness (QED) is 0.825. The van der Waals surface area contributed by atoms with E-state index in [0.29, 0.717) is 37.3 Å². The maximum atomic E-state index is 12.5. The highest BCUT2D eigenvalue weighted by molar-refractivity contribution is 5.82. The van der Waals surface area contributed by atoms with Crippen LogP contribution in [0.3, 0.4) is 0 Å². The van der Waals surface area contributed by atoms with Gasteiger partial charge in [-0.25, -0.2) is 0 Å². The number of aromatic nitrogens is 2. The summed E-state index contributed by atoms with van der Waals surface area (Å²) in [6.45, 7) is 2.14. The van der Waals surface area contributed by atoms with Crippen LogP contribution in [0, 0.1) is 0 Å². The zero-order chi connectivity index (χ0) is 16.9. The number of hydrogen-bond donors (Lipinski definition) is 0. The first-order valence-electron chi connectivity index (χ1n) is 7.73. The summed E-state index contributed by atoms with van der Waals surface area (Å²) in [6.07, 6.45) is 0. The smallest absolute Gasteiger partial charge is 0.242 e. The molecule has 0 N–H and O–H groups in total. The molecule has 1 aliphatic rings. The molecule has 1 aromatic heterocycles. The van der Waals surface area contributed by atoms with Crippen molar-refractivity contribution in [2.75, 3.05) is 38.8 Å². The van der Waals surface area contributed by atoms with Gasteiger partial charge in [0.2, 0.25) is 23.6 Å². The van der Waals surface area contributed by atoms with E-state index in [1.165, 1.54) is 14.2 Å². The van der Waals surface area contributed by atoms with Crippen LogP contribution in [0.5, 0.6) is 11.8 Å². The number of rotatable bonds is 5. The summed E-state index contributed by atoms with van der Waals surface area (Å²) in [7, 11) is 3.07. The van der Waals surface area contributed by atoms with E-state index in [-0.39, 0.29) is 12.5 Å². The van der Waals surface area contributed by atoms with Gasteiger partial charge in [0.05, 0.1) is 20.3 Å². The minimum atomic E-state index is 0.0514. The molecular formula is C17H20N4O3. The highest BCUT2D eigenvalue weighted by Crippen LogP contribution is 2.21. The van der Waals surface area contributed by atoms with Gasteiger partial charge in [0.15, 0.2) is 0 Å². The third-order valence-electron chi connectivity index (χ3n) is 3.90. The number of hydrogen-bond acceptors (Lipinski definition) is 6. The largest absolute Gasteiger partial charge is 0.481 e. The highest BCUT2D eigenvalue weighted by Gasteiger charge is 2.26. The van der Waals surface area contributed by atoms with Crippen molar-refractivity contribution in [2.24, 2.45) is 0 Å². The second-order valence-electron chi connectivity index (χ2n) is 5.48. The van der Waals surface area contributed by atoms with Crippen LogP contribution in [-0.4, -0.2) is 54.6 Å². The van der Waals surface area contributed by atoms with Crippen molar-refractivity contribution >= 4 is 11.9 Å². The molecule has 24 heavy (non-hydrogen) atoms. The Morgan fingerprint density at radius 2 is 1.71 bits per heavy atom. The van der Waals surface area contributed by atoms with E-state index in [2.05, 4.69) is 9.97 Å². The number of anilines is 1. The summed E-state index contributed by atoms with van der Waals surface area (Å²) in [5.74, 6) is 1.32. The van der Waals surface area contributed by atoms with E-state index in [1.54, 1.807) is 6.07 Å². The first-order valence-corrected chi connectivity index (χ1v) is 7.73. The molecule has 0 unspecified atom stereocenters. The molecule has 1 fully saturated rings. The van der Waals surface area contributed by atoms with Gasteiger partial charge >= 0.3 is 0 Å². The lowest BCUT2D eigenvalue weighted by molar-refractivity contribution is -0.131. The zero-order valence-corrected chi connectivity index (χ0v) is 13.8. The minimum Gasteiger partial charge on any atom is -0.481 e. The Labute approximate surface area is 140 Å². The molecule has 7 heteroatoms. The Bertz CT molecular complexity index is 686. The maximum absolute atomic E-state index is 12.5. The molecule has 0 bridgehead atoms. The van der Waals surface area contributed by atoms with Crippen molar-refractivity contribution in [3.63, 3.8) is 0 Å². The van der Waals surface area contributed by atoms with Gasteiger partial charge in [0.25, 0.3) is 0 Å². The van der Waals surface area contributed by atoms with Crippen LogP contribution in [0.15, 0.2) is 36.4 Å². The molecule has 126 valence electrons. The van der Waals surface area contributed by atoms with Crippen LogP contribution in [0.4, 0.5) is 5.95 Å². The molecule has 3 rings (SSSR count). The molecule has 1 aromatic carbocycles. The number of carbonyl (C=O) groups is 1. The standard InChI is InChI=1S/C17H20N4O3/c1-23-14-10-15(24-2)19-17(18-14)21-9-8-20(16(22)12-21)11-13-6-4-3-5-7-13/h3-7,10H,8-9,11-12H2,1-2H3. The van der Waals surface area contributed by atoms with Gasteiger partial charge in [-0.1, -0.05) is 30.3 Å². The third-order valence-corrected chi connectivity index (χ3v) is 3.90. The normalized spacial score (nSPS) is 14.7. The summed E-state index contributed by atoms with van der Waals surface area (Å²) in [6, 6.07) is 11.6. The van der Waals surface area contributed by atoms with Gasteiger partial charge in [-0.3, -0.25) is 4.79 Å². The van der Waals surface area contributed by atoms with Crippen LogP contribution >= 0.6 is 0 Å². The Morgan fingerprint density at radius 1 is 1.04 bits per heavy atom. The molecule has 2 heterocycles. The number of methoxy groups -OCH3 is 2. The van der Waals surface area contributed by atoms with Gasteiger partial charge in [-0.15, -0.1) is 0 Å². The van der Waals surface area contributed by atoms with Gasteiger partial charge in [0, 0.05) is 19.6 Å². The number of nitrogens with zero attached hydrogens (tertiary/aromatic N) is 4. The minimum absolute atomic E-state index is 0.0514. The Balaban J connectivity index is 1.70. The SMILES string of the molecule is COc1cc(OC)nc(N2CCN(Cc3ccccc3)C(=O)C2)n1. The Kier molecular flexibility index (Phi) is 4.79. The lowest BCUT2D eigenvalue weighted by Crippen LogP contribution is -2.50. The topological polar surface area (TPSA) is 67.8 Å². The molecule has 0 aliphatic carbocycles. The monoisotopic (exact) mass is 328 g/mol. The van der Waals surface area contributed by atoms with Crippen molar-refractivity contribution in [1.82, 2.24) is 14.9 Å². The summed E-state index contributed by atoms with van der Waals surface area (Å²) >= 11 is 0. The summed E-state index contributed by atoms with van der Waals surface area (Å²) < 4.78 is 10.3. The van der Waals surface area contributed by atoms with E-state index >= 15 is 0 Å². The molecule has 1 aliphatic heterocycles. The number of piperazine rings is 1. The van der Waals surface area contributed by atoms with Crippen molar-refractivity contribution in [2.45, 2.75) is 6.54 Å². The van der Waals surface area contributed by atoms with Crippen LogP contribution < -0.4 is 14.4 Å². The zero-order valence-electron chi connectivity index (χ0n) is 13.8. The van der Waals surface area contributed by atoms with E-state index < -0.39 is 0 Å². The van der Waals surface area contributed by atoms with E-state index in [1.807, 2.05) is 40.1 Å². The van der Waals surface area contributed by atoms with Crippen LogP contribution in [0.25, 0.3) is 0 Å². The molecule has 0 radical (unpaired) electrons. The van der Waals surface area contributed by atoms with Crippen LogP contribution in [0.1, 0.15) is 5.56 Å². The number of benzene rings is 1. The Hall–Kier alpha value is -2.83.